The van der Waals surface area contributed by atoms with E-state index < -0.39 is 5.91 Å². The molecule has 15 heteroatoms. The maximum atomic E-state index is 13.9. The first-order valence-electron chi connectivity index (χ1n) is 17.6. The largest absolute Gasteiger partial charge is 0.497 e. The molecule has 0 aliphatic rings. The van der Waals surface area contributed by atoms with Crippen molar-refractivity contribution < 1.29 is 28.8 Å². The third kappa shape index (κ3) is 7.68. The summed E-state index contributed by atoms with van der Waals surface area (Å²) in [5.74, 6) is 2.64. The van der Waals surface area contributed by atoms with Crippen LogP contribution in [0.4, 0.5) is 0 Å². The Morgan fingerprint density at radius 1 is 0.836 bits per heavy atom. The predicted octanol–water partition coefficient (Wildman–Crippen LogP) is 5.07. The quantitative estimate of drug-likeness (QED) is 0.144. The summed E-state index contributed by atoms with van der Waals surface area (Å²) in [5.41, 5.74) is 5.21. The molecule has 0 bridgehead atoms. The molecule has 7 rings (SSSR count). The Balaban J connectivity index is 1.33. The molecule has 1 amide bonds. The topological polar surface area (TPSA) is 165 Å². The average molecular weight is 744 g/mol. The lowest BCUT2D eigenvalue weighted by Gasteiger charge is -2.11. The summed E-state index contributed by atoms with van der Waals surface area (Å²) in [6.45, 7) is 4.47. The van der Waals surface area contributed by atoms with Crippen LogP contribution in [0.1, 0.15) is 38.6 Å². The lowest BCUT2D eigenvalue weighted by molar-refractivity contribution is 0.0946. The first kappa shape index (κ1) is 36.6. The van der Waals surface area contributed by atoms with E-state index in [-0.39, 0.29) is 32.0 Å². The van der Waals surface area contributed by atoms with Gasteiger partial charge in [-0.2, -0.15) is 19.9 Å². The van der Waals surface area contributed by atoms with Crippen LogP contribution < -0.4 is 24.3 Å². The van der Waals surface area contributed by atoms with Gasteiger partial charge in [0.1, 0.15) is 35.2 Å². The number of methoxy groups -OCH3 is 3. The summed E-state index contributed by atoms with van der Waals surface area (Å²) < 4.78 is 27.6. The molecule has 0 aliphatic carbocycles. The number of nitrogens with one attached hydrogen (secondary N) is 1. The Labute approximate surface area is 317 Å². The Morgan fingerprint density at radius 3 is 2.33 bits per heavy atom. The zero-order valence-electron chi connectivity index (χ0n) is 31.2. The molecule has 4 heterocycles. The highest BCUT2D eigenvalue weighted by Gasteiger charge is 2.27. The number of rotatable bonds is 15. The molecular weight excluding hydrogens is 702 g/mol. The van der Waals surface area contributed by atoms with E-state index in [2.05, 4.69) is 15.4 Å². The van der Waals surface area contributed by atoms with Gasteiger partial charge in [0, 0.05) is 29.3 Å². The fraction of sp³-hybridized carbons (Fsp3) is 0.250. The molecule has 15 nitrogen and oxygen atoms in total. The Kier molecular flexibility index (Phi) is 10.7. The second kappa shape index (κ2) is 16.1. The van der Waals surface area contributed by atoms with E-state index >= 15 is 0 Å². The SMILES string of the molecule is COc1ccc(Cn2nc(-c3c(OCc4ccccc4)c(C)nn3CCO)nc2-n2nc(C(=O)NCc3ccc(OC)cc3OC)c3cc(C)ncc32)cc1. The summed E-state index contributed by atoms with van der Waals surface area (Å²) in [5, 5.41) is 28.1. The molecule has 0 fully saturated rings. The summed E-state index contributed by atoms with van der Waals surface area (Å²) in [4.78, 5) is 23.5. The number of fused-ring (bicyclic) bond motifs is 1. The molecule has 7 aromatic rings. The minimum Gasteiger partial charge on any atom is -0.497 e. The number of aromatic nitrogens is 8. The number of aliphatic hydroxyl groups excluding tert-OH is 1. The number of ether oxygens (including phenoxy) is 4. The minimum absolute atomic E-state index is 0.165. The summed E-state index contributed by atoms with van der Waals surface area (Å²) in [6, 6.07) is 24.7. The minimum atomic E-state index is -0.401. The number of aryl methyl sites for hydroxylation is 2. The Hall–Kier alpha value is -6.74. The molecule has 55 heavy (non-hydrogen) atoms. The van der Waals surface area contributed by atoms with Gasteiger partial charge in [-0.3, -0.25) is 14.5 Å². The van der Waals surface area contributed by atoms with Crippen molar-refractivity contribution in [2.75, 3.05) is 27.9 Å². The van der Waals surface area contributed by atoms with Gasteiger partial charge in [-0.15, -0.1) is 5.10 Å². The average Bonchev–Trinajstić information content (AvgIpc) is 3.88. The second-order valence-corrected chi connectivity index (χ2v) is 12.7. The number of carbonyl (C=O) groups is 1. The number of aliphatic hydroxyl groups is 1. The maximum absolute atomic E-state index is 13.9. The van der Waals surface area contributed by atoms with Crippen LogP contribution in [-0.2, 0) is 26.2 Å². The van der Waals surface area contributed by atoms with Crippen LogP contribution in [0.3, 0.4) is 0 Å². The van der Waals surface area contributed by atoms with Gasteiger partial charge in [0.2, 0.25) is 5.82 Å². The van der Waals surface area contributed by atoms with Gasteiger partial charge in [-0.05, 0) is 55.3 Å². The zero-order chi connectivity index (χ0) is 38.5. The maximum Gasteiger partial charge on any atom is 0.272 e. The molecule has 0 atom stereocenters. The highest BCUT2D eigenvalue weighted by Crippen LogP contribution is 2.34. The highest BCUT2D eigenvalue weighted by atomic mass is 16.5. The molecule has 282 valence electrons. The standard InChI is InChI=1S/C40H41N9O6/c1-25-19-32-33(22-41-25)49(45-35(32)39(51)42-21-29-13-16-31(53-4)20-34(29)54-5)40-43-38(46-48(40)23-27-11-14-30(52-3)15-12-27)36-37(26(2)44-47(36)17-18-50)55-24-28-9-7-6-8-10-28/h6-16,19-20,22,50H,17-18,21,23-24H2,1-5H3,(H,42,51). The van der Waals surface area contributed by atoms with Crippen LogP contribution in [-0.4, -0.2) is 78.3 Å². The summed E-state index contributed by atoms with van der Waals surface area (Å²) in [7, 11) is 4.77. The number of nitrogens with zero attached hydrogens (tertiary/aromatic N) is 8. The van der Waals surface area contributed by atoms with Crippen molar-refractivity contribution in [3.8, 4) is 40.5 Å². The van der Waals surface area contributed by atoms with Crippen LogP contribution in [0.2, 0.25) is 0 Å². The van der Waals surface area contributed by atoms with E-state index in [1.165, 1.54) is 0 Å². The first-order chi connectivity index (χ1) is 26.8. The molecule has 2 N–H and O–H groups in total. The molecule has 0 aliphatic heterocycles. The fourth-order valence-electron chi connectivity index (χ4n) is 6.24. The van der Waals surface area contributed by atoms with Crippen molar-refractivity contribution >= 4 is 16.8 Å². The highest BCUT2D eigenvalue weighted by molar-refractivity contribution is 6.05. The number of carbonyl (C=O) groups excluding carboxylic acids is 1. The number of pyridine rings is 1. The molecule has 4 aromatic heterocycles. The van der Waals surface area contributed by atoms with Crippen molar-refractivity contribution in [2.45, 2.75) is 40.1 Å². The van der Waals surface area contributed by atoms with Gasteiger partial charge < -0.3 is 29.4 Å². The fourth-order valence-corrected chi connectivity index (χ4v) is 6.24. The van der Waals surface area contributed by atoms with Crippen LogP contribution in [0, 0.1) is 13.8 Å². The van der Waals surface area contributed by atoms with Crippen molar-refractivity contribution in [1.29, 1.82) is 0 Å². The van der Waals surface area contributed by atoms with Crippen molar-refractivity contribution in [3.63, 3.8) is 0 Å². The number of benzene rings is 3. The van der Waals surface area contributed by atoms with E-state index in [9.17, 15) is 9.90 Å². The van der Waals surface area contributed by atoms with Crippen LogP contribution >= 0.6 is 0 Å². The van der Waals surface area contributed by atoms with Crippen molar-refractivity contribution in [1.82, 2.24) is 44.6 Å². The number of hydrogen-bond acceptors (Lipinski definition) is 11. The van der Waals surface area contributed by atoms with Crippen LogP contribution in [0.25, 0.3) is 28.4 Å². The molecular formula is C40H41N9O6. The lowest BCUT2D eigenvalue weighted by Crippen LogP contribution is -2.24. The first-order valence-corrected chi connectivity index (χ1v) is 17.6. The van der Waals surface area contributed by atoms with Gasteiger partial charge >= 0.3 is 0 Å². The molecule has 0 unspecified atom stereocenters. The van der Waals surface area contributed by atoms with Gasteiger partial charge in [-0.25, -0.2) is 4.68 Å². The van der Waals surface area contributed by atoms with E-state index in [0.717, 1.165) is 16.7 Å². The Bertz CT molecular complexity index is 2440. The molecule has 0 saturated carbocycles. The molecule has 0 saturated heterocycles. The monoisotopic (exact) mass is 743 g/mol. The lowest BCUT2D eigenvalue weighted by atomic mass is 10.1. The Morgan fingerprint density at radius 2 is 1.60 bits per heavy atom. The van der Waals surface area contributed by atoms with Gasteiger partial charge in [0.15, 0.2) is 11.4 Å². The second-order valence-electron chi connectivity index (χ2n) is 12.7. The van der Waals surface area contributed by atoms with E-state index in [4.69, 9.17) is 34.1 Å². The van der Waals surface area contributed by atoms with Crippen molar-refractivity contribution in [2.24, 2.45) is 0 Å². The van der Waals surface area contributed by atoms with Crippen molar-refractivity contribution in [3.05, 3.63) is 119 Å². The third-order valence-corrected chi connectivity index (χ3v) is 9.01. The van der Waals surface area contributed by atoms with E-state index in [0.29, 0.717) is 69.3 Å². The van der Waals surface area contributed by atoms with E-state index in [1.54, 1.807) is 47.6 Å². The zero-order valence-corrected chi connectivity index (χ0v) is 31.2. The van der Waals surface area contributed by atoms with Crippen LogP contribution in [0.15, 0.2) is 85.1 Å². The van der Waals surface area contributed by atoms with Gasteiger partial charge in [0.05, 0.1) is 52.7 Å². The summed E-state index contributed by atoms with van der Waals surface area (Å²) in [6.07, 6.45) is 1.67. The predicted molar refractivity (Wildman–Crippen MR) is 204 cm³/mol. The van der Waals surface area contributed by atoms with Gasteiger partial charge in [-0.1, -0.05) is 42.5 Å². The molecule has 0 radical (unpaired) electrons. The number of amides is 1. The molecule has 3 aromatic carbocycles. The number of hydrogen-bond donors (Lipinski definition) is 2. The third-order valence-electron chi connectivity index (χ3n) is 9.01. The molecule has 0 spiro atoms. The van der Waals surface area contributed by atoms with Gasteiger partial charge in [0.25, 0.3) is 11.9 Å². The van der Waals surface area contributed by atoms with Crippen LogP contribution in [0.5, 0.6) is 23.0 Å². The van der Waals surface area contributed by atoms with E-state index in [1.807, 2.05) is 86.6 Å². The normalized spacial score (nSPS) is 11.2. The summed E-state index contributed by atoms with van der Waals surface area (Å²) >= 11 is 0. The smallest absolute Gasteiger partial charge is 0.272 e.